The van der Waals surface area contributed by atoms with Crippen molar-refractivity contribution in [1.82, 2.24) is 9.55 Å². The standard InChI is InChI=1S/C17H23N3/c18-11-10-16-13-20(12-14-6-2-1-3-7-14)17(19-16)15-8-4-5-9-15/h1-3,6-7,13,15H,4-5,8-12,18H2. The van der Waals surface area contributed by atoms with Crippen LogP contribution in [0.4, 0.5) is 0 Å². The van der Waals surface area contributed by atoms with E-state index in [-0.39, 0.29) is 0 Å². The van der Waals surface area contributed by atoms with Gasteiger partial charge in [-0.05, 0) is 24.9 Å². The van der Waals surface area contributed by atoms with Gasteiger partial charge in [0, 0.05) is 25.1 Å². The Labute approximate surface area is 120 Å². The van der Waals surface area contributed by atoms with Crippen LogP contribution in [0.1, 0.15) is 48.7 Å². The fourth-order valence-electron chi connectivity index (χ4n) is 3.17. The van der Waals surface area contributed by atoms with Gasteiger partial charge in [0.25, 0.3) is 0 Å². The molecule has 2 N–H and O–H groups in total. The van der Waals surface area contributed by atoms with E-state index in [1.165, 1.54) is 37.1 Å². The van der Waals surface area contributed by atoms with Gasteiger partial charge in [-0.1, -0.05) is 43.2 Å². The first kappa shape index (κ1) is 13.4. The summed E-state index contributed by atoms with van der Waals surface area (Å²) in [5, 5.41) is 0. The number of aromatic nitrogens is 2. The van der Waals surface area contributed by atoms with E-state index in [1.54, 1.807) is 0 Å². The van der Waals surface area contributed by atoms with Gasteiger partial charge in [-0.2, -0.15) is 0 Å². The Balaban J connectivity index is 1.87. The first-order valence-corrected chi connectivity index (χ1v) is 7.67. The number of nitrogens with zero attached hydrogens (tertiary/aromatic N) is 2. The van der Waals surface area contributed by atoms with Crippen molar-refractivity contribution in [3.8, 4) is 0 Å². The number of hydrogen-bond acceptors (Lipinski definition) is 2. The molecule has 1 aromatic carbocycles. The number of nitrogens with two attached hydrogens (primary N) is 1. The van der Waals surface area contributed by atoms with Crippen molar-refractivity contribution in [3.63, 3.8) is 0 Å². The lowest BCUT2D eigenvalue weighted by Gasteiger charge is -2.12. The second-order valence-electron chi connectivity index (χ2n) is 5.72. The van der Waals surface area contributed by atoms with Crippen molar-refractivity contribution in [2.24, 2.45) is 5.73 Å². The van der Waals surface area contributed by atoms with Gasteiger partial charge in [0.2, 0.25) is 0 Å². The number of benzene rings is 1. The van der Waals surface area contributed by atoms with Crippen LogP contribution in [0, 0.1) is 0 Å². The van der Waals surface area contributed by atoms with Gasteiger partial charge >= 0.3 is 0 Å². The zero-order valence-electron chi connectivity index (χ0n) is 12.0. The smallest absolute Gasteiger partial charge is 0.112 e. The molecule has 2 aromatic rings. The molecule has 1 aromatic heterocycles. The summed E-state index contributed by atoms with van der Waals surface area (Å²) in [6.07, 6.45) is 8.33. The highest BCUT2D eigenvalue weighted by molar-refractivity contribution is 5.18. The van der Waals surface area contributed by atoms with Crippen LogP contribution < -0.4 is 5.73 Å². The molecule has 0 spiro atoms. The summed E-state index contributed by atoms with van der Waals surface area (Å²) in [6, 6.07) is 10.6. The minimum atomic E-state index is 0.644. The normalized spacial score (nSPS) is 15.8. The van der Waals surface area contributed by atoms with Crippen LogP contribution in [0.25, 0.3) is 0 Å². The van der Waals surface area contributed by atoms with E-state index in [9.17, 15) is 0 Å². The van der Waals surface area contributed by atoms with Crippen molar-refractivity contribution < 1.29 is 0 Å². The summed E-state index contributed by atoms with van der Waals surface area (Å²) in [5.74, 6) is 1.92. The fourth-order valence-corrected chi connectivity index (χ4v) is 3.17. The molecule has 0 amide bonds. The van der Waals surface area contributed by atoms with Crippen LogP contribution in [0.5, 0.6) is 0 Å². The van der Waals surface area contributed by atoms with Crippen LogP contribution in [-0.2, 0) is 13.0 Å². The Morgan fingerprint density at radius 1 is 1.15 bits per heavy atom. The molecule has 1 aliphatic carbocycles. The van der Waals surface area contributed by atoms with Gasteiger partial charge in [-0.25, -0.2) is 4.98 Å². The van der Waals surface area contributed by atoms with Crippen LogP contribution in [0.3, 0.4) is 0 Å². The zero-order chi connectivity index (χ0) is 13.8. The third kappa shape index (κ3) is 2.93. The molecule has 0 radical (unpaired) electrons. The molecule has 3 nitrogen and oxygen atoms in total. The van der Waals surface area contributed by atoms with Crippen molar-refractivity contribution in [3.05, 3.63) is 53.6 Å². The molecule has 1 aliphatic rings. The highest BCUT2D eigenvalue weighted by Gasteiger charge is 2.22. The maximum Gasteiger partial charge on any atom is 0.112 e. The van der Waals surface area contributed by atoms with Gasteiger partial charge in [-0.15, -0.1) is 0 Å². The first-order chi connectivity index (χ1) is 9.86. The van der Waals surface area contributed by atoms with Crippen LogP contribution >= 0.6 is 0 Å². The molecule has 0 saturated heterocycles. The minimum Gasteiger partial charge on any atom is -0.330 e. The number of rotatable bonds is 5. The van der Waals surface area contributed by atoms with Crippen LogP contribution in [0.2, 0.25) is 0 Å². The van der Waals surface area contributed by atoms with E-state index in [2.05, 4.69) is 41.1 Å². The quantitative estimate of drug-likeness (QED) is 0.906. The topological polar surface area (TPSA) is 43.8 Å². The molecule has 106 valence electrons. The Kier molecular flexibility index (Phi) is 4.16. The molecule has 0 atom stereocenters. The third-order valence-electron chi connectivity index (χ3n) is 4.17. The zero-order valence-corrected chi connectivity index (χ0v) is 12.0. The monoisotopic (exact) mass is 269 g/mol. The van der Waals surface area contributed by atoms with Gasteiger partial charge in [-0.3, -0.25) is 0 Å². The third-order valence-corrected chi connectivity index (χ3v) is 4.17. The molecule has 1 fully saturated rings. The van der Waals surface area contributed by atoms with Crippen molar-refractivity contribution in [1.29, 1.82) is 0 Å². The van der Waals surface area contributed by atoms with Gasteiger partial charge in [0.05, 0.1) is 5.69 Å². The Bertz CT molecular complexity index is 539. The molecule has 0 bridgehead atoms. The molecule has 0 unspecified atom stereocenters. The van der Waals surface area contributed by atoms with Gasteiger partial charge in [0.15, 0.2) is 0 Å². The number of hydrogen-bond donors (Lipinski definition) is 1. The molecule has 3 rings (SSSR count). The average Bonchev–Trinajstić information content (AvgIpc) is 3.10. The van der Waals surface area contributed by atoms with Crippen LogP contribution in [-0.4, -0.2) is 16.1 Å². The second-order valence-corrected chi connectivity index (χ2v) is 5.72. The molecule has 0 aliphatic heterocycles. The van der Waals surface area contributed by atoms with Crippen molar-refractivity contribution in [2.75, 3.05) is 6.54 Å². The van der Waals surface area contributed by atoms with E-state index in [1.807, 2.05) is 0 Å². The van der Waals surface area contributed by atoms with E-state index in [0.29, 0.717) is 12.5 Å². The van der Waals surface area contributed by atoms with Crippen LogP contribution in [0.15, 0.2) is 36.5 Å². The summed E-state index contributed by atoms with van der Waals surface area (Å²) >= 11 is 0. The molecular formula is C17H23N3. The Hall–Kier alpha value is -1.61. The Morgan fingerprint density at radius 3 is 2.60 bits per heavy atom. The summed E-state index contributed by atoms with van der Waals surface area (Å²) in [7, 11) is 0. The lowest BCUT2D eigenvalue weighted by molar-refractivity contribution is 0.610. The maximum absolute atomic E-state index is 5.68. The molecular weight excluding hydrogens is 246 g/mol. The lowest BCUT2D eigenvalue weighted by atomic mass is 10.1. The van der Waals surface area contributed by atoms with Gasteiger partial charge in [0.1, 0.15) is 5.82 Å². The predicted molar refractivity (Wildman–Crippen MR) is 81.7 cm³/mol. The maximum atomic E-state index is 5.68. The molecule has 1 saturated carbocycles. The second kappa shape index (κ2) is 6.23. The molecule has 20 heavy (non-hydrogen) atoms. The van der Waals surface area contributed by atoms with Crippen molar-refractivity contribution >= 4 is 0 Å². The minimum absolute atomic E-state index is 0.644. The highest BCUT2D eigenvalue weighted by atomic mass is 15.1. The summed E-state index contributed by atoms with van der Waals surface area (Å²) in [6.45, 7) is 1.59. The summed E-state index contributed by atoms with van der Waals surface area (Å²) in [5.41, 5.74) is 8.16. The Morgan fingerprint density at radius 2 is 1.90 bits per heavy atom. The average molecular weight is 269 g/mol. The highest BCUT2D eigenvalue weighted by Crippen LogP contribution is 2.33. The summed E-state index contributed by atoms with van der Waals surface area (Å²) < 4.78 is 2.34. The first-order valence-electron chi connectivity index (χ1n) is 7.67. The molecule has 1 heterocycles. The van der Waals surface area contributed by atoms with E-state index >= 15 is 0 Å². The van der Waals surface area contributed by atoms with E-state index in [4.69, 9.17) is 10.7 Å². The lowest BCUT2D eigenvalue weighted by Crippen LogP contribution is -2.07. The molecule has 3 heteroatoms. The predicted octanol–water partition coefficient (Wildman–Crippen LogP) is 3.09. The largest absolute Gasteiger partial charge is 0.330 e. The van der Waals surface area contributed by atoms with E-state index < -0.39 is 0 Å². The SMILES string of the molecule is NCCc1cn(Cc2ccccc2)c(C2CCCC2)n1. The van der Waals surface area contributed by atoms with Crippen molar-refractivity contribution in [2.45, 2.75) is 44.6 Å². The van der Waals surface area contributed by atoms with Gasteiger partial charge < -0.3 is 10.3 Å². The summed E-state index contributed by atoms with van der Waals surface area (Å²) in [4.78, 5) is 4.86. The van der Waals surface area contributed by atoms with E-state index in [0.717, 1.165) is 18.7 Å². The fraction of sp³-hybridized carbons (Fsp3) is 0.471. The number of imidazole rings is 1.